The van der Waals surface area contributed by atoms with E-state index in [-0.39, 0.29) is 16.5 Å². The van der Waals surface area contributed by atoms with Crippen molar-refractivity contribution in [2.75, 3.05) is 39.0 Å². The molecule has 13 heavy (non-hydrogen) atoms. The summed E-state index contributed by atoms with van der Waals surface area (Å²) in [7, 11) is 0.766. The molecule has 0 radical (unpaired) electrons. The van der Waals surface area contributed by atoms with Crippen LogP contribution >= 0.6 is 15.8 Å². The summed E-state index contributed by atoms with van der Waals surface area (Å²) in [6, 6.07) is 0. The molecule has 0 bridgehead atoms. The molecular weight excluding hydrogens is 249 g/mol. The summed E-state index contributed by atoms with van der Waals surface area (Å²) in [6.45, 7) is 13.4. The molecule has 0 N–H and O–H groups in total. The Morgan fingerprint density at radius 1 is 0.769 bits per heavy atom. The first-order valence-corrected chi connectivity index (χ1v) is 8.34. The molecule has 0 heterocycles. The largest absolute Gasteiger partial charge is 0.307 e. The summed E-state index contributed by atoms with van der Waals surface area (Å²) in [6.07, 6.45) is 2.96. The van der Waals surface area contributed by atoms with Gasteiger partial charge in [-0.1, -0.05) is 0 Å². The van der Waals surface area contributed by atoms with Crippen molar-refractivity contribution in [1.82, 2.24) is 0 Å². The number of hydrogen-bond acceptors (Lipinski definition) is 2. The minimum atomic E-state index is 0. The third-order valence-electron chi connectivity index (χ3n) is 0.994. The second-order valence-electron chi connectivity index (χ2n) is 2.61. The van der Waals surface area contributed by atoms with E-state index in [1.165, 1.54) is 12.3 Å². The minimum absolute atomic E-state index is 0. The van der Waals surface area contributed by atoms with Gasteiger partial charge in [0.2, 0.25) is 0 Å². The molecule has 0 aliphatic carbocycles. The maximum absolute atomic E-state index is 8.00. The van der Waals surface area contributed by atoms with Crippen LogP contribution in [-0.2, 0) is 26.1 Å². The van der Waals surface area contributed by atoms with Gasteiger partial charge in [-0.05, 0) is 39.0 Å². The molecule has 84 valence electrons. The first-order valence-electron chi connectivity index (χ1n) is 3.50. The van der Waals surface area contributed by atoms with E-state index in [1.807, 2.05) is 13.6 Å². The third kappa shape index (κ3) is 44.8. The van der Waals surface area contributed by atoms with E-state index in [1.54, 1.807) is 0 Å². The average molecular weight is 269 g/mol. The van der Waals surface area contributed by atoms with Crippen LogP contribution in [-0.4, -0.2) is 52.6 Å². The van der Waals surface area contributed by atoms with Gasteiger partial charge in [-0.2, -0.15) is 0 Å². The zero-order valence-electron chi connectivity index (χ0n) is 8.86. The maximum atomic E-state index is 8.00. The normalized spacial score (nSPS) is 7.54. The fourth-order valence-corrected chi connectivity index (χ4v) is 3.60. The first-order chi connectivity index (χ1) is 5.63. The van der Waals surface area contributed by atoms with Gasteiger partial charge in [0.25, 0.3) is 0 Å². The van der Waals surface area contributed by atoms with Gasteiger partial charge >= 0.3 is 0 Å². The molecule has 0 saturated carbocycles. The summed E-state index contributed by atoms with van der Waals surface area (Å²) in [5.41, 5.74) is 0. The van der Waals surface area contributed by atoms with Crippen LogP contribution in [0, 0.1) is 0 Å². The van der Waals surface area contributed by atoms with Gasteiger partial charge in [-0.25, -0.2) is 0 Å². The van der Waals surface area contributed by atoms with Gasteiger partial charge in [0, 0.05) is 16.5 Å². The number of carbonyl (C=O) groups excluding carboxylic acids is 2. The van der Waals surface area contributed by atoms with Crippen molar-refractivity contribution in [3.8, 4) is 0 Å². The molecule has 0 aliphatic rings. The van der Waals surface area contributed by atoms with Crippen molar-refractivity contribution >= 4 is 29.4 Å². The Hall–Kier alpha value is 0.694. The number of carbonyl (C=O) groups is 2. The van der Waals surface area contributed by atoms with Gasteiger partial charge in [-0.3, -0.25) is 0 Å². The van der Waals surface area contributed by atoms with Crippen LogP contribution in [0.2, 0.25) is 0 Å². The molecule has 0 spiro atoms. The van der Waals surface area contributed by atoms with Gasteiger partial charge in [-0.15, -0.1) is 15.8 Å². The van der Waals surface area contributed by atoms with Gasteiger partial charge in [0.15, 0.2) is 0 Å². The fourth-order valence-electron chi connectivity index (χ4n) is 0.400. The van der Waals surface area contributed by atoms with Gasteiger partial charge < -0.3 is 9.59 Å². The molecule has 0 aromatic rings. The Balaban J connectivity index is -0.0000000712. The van der Waals surface area contributed by atoms with Crippen molar-refractivity contribution in [2.24, 2.45) is 0 Å². The second kappa shape index (κ2) is 23.0. The van der Waals surface area contributed by atoms with Crippen LogP contribution in [0.1, 0.15) is 0 Å². The molecule has 0 rings (SSSR count). The predicted molar refractivity (Wildman–Crippen MR) is 61.5 cm³/mol. The smallest absolute Gasteiger partial charge is 0.106 e. The topological polar surface area (TPSA) is 34.1 Å². The summed E-state index contributed by atoms with van der Waals surface area (Å²) in [4.78, 5) is 16.0. The van der Waals surface area contributed by atoms with Crippen LogP contribution < -0.4 is 0 Å². The Morgan fingerprint density at radius 3 is 1.00 bits per heavy atom. The van der Waals surface area contributed by atoms with Crippen LogP contribution in [0.15, 0.2) is 0 Å². The summed E-state index contributed by atoms with van der Waals surface area (Å²) in [5, 5.41) is 0. The Bertz CT molecular complexity index is 72.5. The van der Waals surface area contributed by atoms with Crippen LogP contribution in [0.5, 0.6) is 0 Å². The standard InChI is InChI=1S/C6H16P2.2CH2O.Ni/c1-7(2)5-6-8(3)4;2*1-2;/h5-6H2,1-4H3;2*1H2;. The van der Waals surface area contributed by atoms with Crippen molar-refractivity contribution in [3.05, 3.63) is 0 Å². The first kappa shape index (κ1) is 23.5. The summed E-state index contributed by atoms with van der Waals surface area (Å²) >= 11 is 0. The Kier molecular flexibility index (Phi) is 41.5. The molecule has 0 atom stereocenters. The summed E-state index contributed by atoms with van der Waals surface area (Å²) in [5.74, 6) is 0. The van der Waals surface area contributed by atoms with E-state index >= 15 is 0 Å². The third-order valence-corrected chi connectivity index (χ3v) is 3.58. The molecule has 2 nitrogen and oxygen atoms in total. The number of rotatable bonds is 3. The zero-order chi connectivity index (χ0) is 10.6. The van der Waals surface area contributed by atoms with E-state index in [4.69, 9.17) is 9.59 Å². The Morgan fingerprint density at radius 2 is 0.923 bits per heavy atom. The van der Waals surface area contributed by atoms with Crippen LogP contribution in [0.4, 0.5) is 0 Å². The minimum Gasteiger partial charge on any atom is -0.307 e. The van der Waals surface area contributed by atoms with Crippen molar-refractivity contribution < 1.29 is 26.1 Å². The van der Waals surface area contributed by atoms with Crippen molar-refractivity contribution in [1.29, 1.82) is 0 Å². The molecule has 0 aliphatic heterocycles. The molecular formula is C8H20NiO2P2. The van der Waals surface area contributed by atoms with E-state index in [0.717, 1.165) is 0 Å². The summed E-state index contributed by atoms with van der Waals surface area (Å²) < 4.78 is 0. The van der Waals surface area contributed by atoms with E-state index in [9.17, 15) is 0 Å². The molecule has 0 fully saturated rings. The maximum Gasteiger partial charge on any atom is 0.106 e. The fraction of sp³-hybridized carbons (Fsp3) is 0.750. The van der Waals surface area contributed by atoms with Gasteiger partial charge in [0.05, 0.1) is 0 Å². The van der Waals surface area contributed by atoms with Gasteiger partial charge in [0.1, 0.15) is 13.6 Å². The molecule has 0 aromatic carbocycles. The van der Waals surface area contributed by atoms with E-state index in [0.29, 0.717) is 15.8 Å². The van der Waals surface area contributed by atoms with Crippen molar-refractivity contribution in [2.45, 2.75) is 0 Å². The van der Waals surface area contributed by atoms with Crippen molar-refractivity contribution in [3.63, 3.8) is 0 Å². The average Bonchev–Trinajstić information content (AvgIpc) is 2.08. The Labute approximate surface area is 94.7 Å². The molecule has 0 unspecified atom stereocenters. The molecule has 0 aromatic heterocycles. The molecule has 5 heteroatoms. The second-order valence-corrected chi connectivity index (χ2v) is 7.82. The SMILES string of the molecule is C=O.C=O.CP(C)CCP(C)C.[Ni]. The quantitative estimate of drug-likeness (QED) is 0.580. The van der Waals surface area contributed by atoms with Crippen LogP contribution in [0.3, 0.4) is 0 Å². The predicted octanol–water partition coefficient (Wildman–Crippen LogP) is 2.10. The monoisotopic (exact) mass is 268 g/mol. The van der Waals surface area contributed by atoms with E-state index in [2.05, 4.69) is 26.7 Å². The molecule has 0 saturated heterocycles. The number of hydrogen-bond donors (Lipinski definition) is 0. The molecule has 0 amide bonds. The van der Waals surface area contributed by atoms with Crippen LogP contribution in [0.25, 0.3) is 0 Å². The van der Waals surface area contributed by atoms with E-state index < -0.39 is 0 Å². The zero-order valence-corrected chi connectivity index (χ0v) is 11.6.